The van der Waals surface area contributed by atoms with Crippen LogP contribution in [0.2, 0.25) is 0 Å². The zero-order valence-corrected chi connectivity index (χ0v) is 10.3. The first-order valence-electron chi connectivity index (χ1n) is 6.10. The van der Waals surface area contributed by atoms with Gasteiger partial charge in [-0.05, 0) is 37.8 Å². The minimum absolute atomic E-state index is 0.244. The summed E-state index contributed by atoms with van der Waals surface area (Å²) in [6.07, 6.45) is 7.71. The average molecular weight is 250 g/mol. The highest BCUT2D eigenvalue weighted by atomic mass is 16.5. The van der Waals surface area contributed by atoms with Gasteiger partial charge in [0.2, 0.25) is 0 Å². The van der Waals surface area contributed by atoms with Crippen LogP contribution in [0.15, 0.2) is 33.9 Å². The van der Waals surface area contributed by atoms with E-state index >= 15 is 0 Å². The molecule has 18 heavy (non-hydrogen) atoms. The smallest absolute Gasteiger partial charge is 0.188 e. The molecule has 6 heteroatoms. The Bertz CT molecular complexity index is 384. The third-order valence-corrected chi connectivity index (χ3v) is 2.64. The van der Waals surface area contributed by atoms with Gasteiger partial charge in [0.15, 0.2) is 23.2 Å². The van der Waals surface area contributed by atoms with Gasteiger partial charge in [0.1, 0.15) is 0 Å². The Balaban J connectivity index is 2.03. The Morgan fingerprint density at radius 1 is 0.889 bits per heavy atom. The van der Waals surface area contributed by atoms with Gasteiger partial charge in [0.25, 0.3) is 0 Å². The lowest BCUT2D eigenvalue weighted by atomic mass is 10.2. The standard InChI is InChI=1S/C12H18N4O2/c13-11(9-5-1-3-7-17-9)15-16-12(14)10-6-2-4-8-18-10/h5-6H,1-4,7-8H2,(H2,13,15)(H2,14,16). The molecule has 0 saturated heterocycles. The van der Waals surface area contributed by atoms with Gasteiger partial charge in [-0.15, -0.1) is 10.2 Å². The van der Waals surface area contributed by atoms with Gasteiger partial charge in [-0.25, -0.2) is 0 Å². The first kappa shape index (κ1) is 12.5. The molecule has 0 bridgehead atoms. The molecule has 0 spiro atoms. The van der Waals surface area contributed by atoms with Crippen molar-refractivity contribution in [1.29, 1.82) is 0 Å². The van der Waals surface area contributed by atoms with E-state index in [2.05, 4.69) is 10.2 Å². The predicted octanol–water partition coefficient (Wildman–Crippen LogP) is 1.00. The fourth-order valence-electron chi connectivity index (χ4n) is 1.68. The SMILES string of the molecule is N/C(=N\N=C(/N)C1=CCCCO1)C1=CCCCO1. The number of hydrogen-bond donors (Lipinski definition) is 2. The van der Waals surface area contributed by atoms with Crippen LogP contribution in [-0.4, -0.2) is 24.9 Å². The van der Waals surface area contributed by atoms with E-state index in [0.29, 0.717) is 24.7 Å². The summed E-state index contributed by atoms with van der Waals surface area (Å²) in [5.41, 5.74) is 11.5. The molecule has 2 aliphatic heterocycles. The summed E-state index contributed by atoms with van der Waals surface area (Å²) in [4.78, 5) is 0. The van der Waals surface area contributed by atoms with E-state index in [4.69, 9.17) is 20.9 Å². The van der Waals surface area contributed by atoms with Crippen LogP contribution in [0.25, 0.3) is 0 Å². The third kappa shape index (κ3) is 3.26. The highest BCUT2D eigenvalue weighted by Gasteiger charge is 2.10. The van der Waals surface area contributed by atoms with Crippen LogP contribution in [0.3, 0.4) is 0 Å². The van der Waals surface area contributed by atoms with E-state index in [1.165, 1.54) is 0 Å². The lowest BCUT2D eigenvalue weighted by Gasteiger charge is -2.14. The molecule has 4 N–H and O–H groups in total. The predicted molar refractivity (Wildman–Crippen MR) is 69.8 cm³/mol. The second-order valence-corrected chi connectivity index (χ2v) is 4.09. The van der Waals surface area contributed by atoms with Crippen LogP contribution in [0.5, 0.6) is 0 Å². The topological polar surface area (TPSA) is 95.2 Å². The summed E-state index contributed by atoms with van der Waals surface area (Å²) in [6, 6.07) is 0. The Morgan fingerprint density at radius 2 is 1.33 bits per heavy atom. The van der Waals surface area contributed by atoms with Gasteiger partial charge in [-0.1, -0.05) is 0 Å². The molecular formula is C12H18N4O2. The fourth-order valence-corrected chi connectivity index (χ4v) is 1.68. The van der Waals surface area contributed by atoms with Crippen LogP contribution in [0, 0.1) is 0 Å². The molecule has 0 aliphatic carbocycles. The number of nitrogens with zero attached hydrogens (tertiary/aromatic N) is 2. The van der Waals surface area contributed by atoms with Gasteiger partial charge in [0, 0.05) is 0 Å². The molecule has 0 aromatic rings. The molecule has 0 aromatic heterocycles. The Kier molecular flexibility index (Phi) is 4.22. The molecular weight excluding hydrogens is 232 g/mol. The number of hydrogen-bond acceptors (Lipinski definition) is 4. The van der Waals surface area contributed by atoms with Crippen LogP contribution >= 0.6 is 0 Å². The second kappa shape index (κ2) is 6.09. The van der Waals surface area contributed by atoms with Crippen LogP contribution in [0.4, 0.5) is 0 Å². The van der Waals surface area contributed by atoms with Crippen molar-refractivity contribution in [3.8, 4) is 0 Å². The molecule has 0 atom stereocenters. The fraction of sp³-hybridized carbons (Fsp3) is 0.500. The molecule has 6 nitrogen and oxygen atoms in total. The van der Waals surface area contributed by atoms with E-state index in [9.17, 15) is 0 Å². The maximum atomic E-state index is 5.76. The highest BCUT2D eigenvalue weighted by Crippen LogP contribution is 2.11. The maximum Gasteiger partial charge on any atom is 0.188 e. The largest absolute Gasteiger partial charge is 0.490 e. The molecule has 2 rings (SSSR count). The molecule has 2 heterocycles. The molecule has 0 unspecified atom stereocenters. The summed E-state index contributed by atoms with van der Waals surface area (Å²) in [5, 5.41) is 7.73. The monoisotopic (exact) mass is 250 g/mol. The van der Waals surface area contributed by atoms with Crippen molar-refractivity contribution in [2.75, 3.05) is 13.2 Å². The van der Waals surface area contributed by atoms with Gasteiger partial charge >= 0.3 is 0 Å². The van der Waals surface area contributed by atoms with E-state index in [0.717, 1.165) is 25.7 Å². The van der Waals surface area contributed by atoms with E-state index < -0.39 is 0 Å². The van der Waals surface area contributed by atoms with Crippen molar-refractivity contribution in [2.24, 2.45) is 21.7 Å². The number of ether oxygens (including phenoxy) is 2. The summed E-state index contributed by atoms with van der Waals surface area (Å²) in [5.74, 6) is 1.65. The summed E-state index contributed by atoms with van der Waals surface area (Å²) in [6.45, 7) is 1.32. The normalized spacial score (nSPS) is 21.6. The lowest BCUT2D eigenvalue weighted by molar-refractivity contribution is 0.211. The molecule has 0 amide bonds. The number of amidine groups is 2. The zero-order chi connectivity index (χ0) is 12.8. The van der Waals surface area contributed by atoms with Crippen molar-refractivity contribution in [3.05, 3.63) is 23.7 Å². The molecule has 0 fully saturated rings. The molecule has 0 saturated carbocycles. The van der Waals surface area contributed by atoms with Gasteiger partial charge in [-0.3, -0.25) is 0 Å². The number of allylic oxidation sites excluding steroid dienone is 2. The van der Waals surface area contributed by atoms with E-state index in [-0.39, 0.29) is 11.7 Å². The van der Waals surface area contributed by atoms with Crippen molar-refractivity contribution in [2.45, 2.75) is 25.7 Å². The summed E-state index contributed by atoms with van der Waals surface area (Å²) >= 11 is 0. The molecule has 98 valence electrons. The van der Waals surface area contributed by atoms with Crippen LogP contribution < -0.4 is 11.5 Å². The molecule has 2 aliphatic rings. The van der Waals surface area contributed by atoms with Crippen LogP contribution in [-0.2, 0) is 9.47 Å². The molecule has 0 radical (unpaired) electrons. The maximum absolute atomic E-state index is 5.76. The van der Waals surface area contributed by atoms with Crippen molar-refractivity contribution >= 4 is 11.7 Å². The minimum Gasteiger partial charge on any atom is -0.490 e. The Morgan fingerprint density at radius 3 is 1.67 bits per heavy atom. The van der Waals surface area contributed by atoms with E-state index in [1.807, 2.05) is 12.2 Å². The third-order valence-electron chi connectivity index (χ3n) is 2.64. The number of rotatable bonds is 3. The second-order valence-electron chi connectivity index (χ2n) is 4.09. The van der Waals surface area contributed by atoms with Crippen molar-refractivity contribution < 1.29 is 9.47 Å². The van der Waals surface area contributed by atoms with Gasteiger partial charge in [0.05, 0.1) is 13.2 Å². The minimum atomic E-state index is 0.244. The summed E-state index contributed by atoms with van der Waals surface area (Å²) < 4.78 is 10.7. The van der Waals surface area contributed by atoms with Crippen molar-refractivity contribution in [3.63, 3.8) is 0 Å². The average Bonchev–Trinajstić information content (AvgIpc) is 2.46. The Labute approximate surface area is 106 Å². The highest BCUT2D eigenvalue weighted by molar-refractivity contribution is 5.98. The zero-order valence-electron chi connectivity index (χ0n) is 10.3. The molecule has 0 aromatic carbocycles. The Hall–Kier alpha value is -1.98. The summed E-state index contributed by atoms with van der Waals surface area (Å²) in [7, 11) is 0. The van der Waals surface area contributed by atoms with Crippen LogP contribution in [0.1, 0.15) is 25.7 Å². The first-order valence-corrected chi connectivity index (χ1v) is 6.10. The quantitative estimate of drug-likeness (QED) is 0.444. The van der Waals surface area contributed by atoms with Gasteiger partial charge in [-0.2, -0.15) is 0 Å². The first-order chi connectivity index (χ1) is 8.77. The van der Waals surface area contributed by atoms with Gasteiger partial charge < -0.3 is 20.9 Å². The number of nitrogens with two attached hydrogens (primary N) is 2. The van der Waals surface area contributed by atoms with Crippen molar-refractivity contribution in [1.82, 2.24) is 0 Å². The lowest BCUT2D eigenvalue weighted by Crippen LogP contribution is -2.22. The van der Waals surface area contributed by atoms with E-state index in [1.54, 1.807) is 0 Å².